The molecular weight excluding hydrogens is 679 g/mol. The molecule has 0 atom stereocenters. The third-order valence-electron chi connectivity index (χ3n) is 7.11. The standard InChI is InChI=1S/C31H18F6S6/c1-15-7-8-22(40-15)28-18(14-24(43-28)20-6-4-12-39-20)26-25(29(32,33)31(36,37)30(26,34)35)17-13-16(2)41-27(17)23-10-9-21(42-23)19-5-3-11-38-19/h3-14H,1-2H3. The molecule has 0 amide bonds. The van der Waals surface area contributed by atoms with Crippen LogP contribution >= 0.6 is 68.0 Å². The summed E-state index contributed by atoms with van der Waals surface area (Å²) in [5.74, 6) is -15.9. The maximum atomic E-state index is 16.0. The van der Waals surface area contributed by atoms with Gasteiger partial charge in [-0.25, -0.2) is 0 Å². The second kappa shape index (κ2) is 10.3. The van der Waals surface area contributed by atoms with E-state index in [-0.39, 0.29) is 20.9 Å². The van der Waals surface area contributed by atoms with E-state index in [1.54, 1.807) is 37.3 Å². The smallest absolute Gasteiger partial charge is 0.194 e. The Balaban J connectivity index is 1.53. The number of allylic oxidation sites excluding steroid dienone is 2. The molecule has 0 aliphatic heterocycles. The Bertz CT molecular complexity index is 1980. The topological polar surface area (TPSA) is 0 Å². The van der Waals surface area contributed by atoms with Crippen molar-refractivity contribution in [3.05, 3.63) is 92.3 Å². The summed E-state index contributed by atoms with van der Waals surface area (Å²) in [5.41, 5.74) is -3.18. The normalized spacial score (nSPS) is 17.3. The number of thiophene rings is 6. The minimum atomic E-state index is -5.64. The van der Waals surface area contributed by atoms with Gasteiger partial charge in [0.15, 0.2) is 0 Å². The average molecular weight is 697 g/mol. The summed E-state index contributed by atoms with van der Waals surface area (Å²) in [6.45, 7) is 3.50. The van der Waals surface area contributed by atoms with Crippen LogP contribution in [0.1, 0.15) is 20.9 Å². The van der Waals surface area contributed by atoms with E-state index in [0.29, 0.717) is 19.5 Å². The van der Waals surface area contributed by atoms with E-state index in [2.05, 4.69) is 0 Å². The highest BCUT2D eigenvalue weighted by Gasteiger charge is 2.80. The molecule has 0 saturated heterocycles. The van der Waals surface area contributed by atoms with E-state index >= 15 is 26.3 Å². The van der Waals surface area contributed by atoms with Gasteiger partial charge in [0.1, 0.15) is 0 Å². The maximum Gasteiger partial charge on any atom is 0.380 e. The van der Waals surface area contributed by atoms with Crippen LogP contribution in [0.2, 0.25) is 0 Å². The van der Waals surface area contributed by atoms with Crippen molar-refractivity contribution in [3.8, 4) is 39.0 Å². The molecule has 12 heteroatoms. The molecule has 220 valence electrons. The summed E-state index contributed by atoms with van der Waals surface area (Å²) in [5, 5.41) is 3.72. The van der Waals surface area contributed by atoms with Crippen molar-refractivity contribution in [2.45, 2.75) is 31.6 Å². The van der Waals surface area contributed by atoms with Gasteiger partial charge in [0.25, 0.3) is 0 Å². The predicted molar refractivity (Wildman–Crippen MR) is 173 cm³/mol. The molecule has 6 aromatic heterocycles. The van der Waals surface area contributed by atoms with Crippen molar-refractivity contribution in [2.24, 2.45) is 0 Å². The predicted octanol–water partition coefficient (Wildman–Crippen LogP) is 13.2. The van der Waals surface area contributed by atoms with Crippen LogP contribution in [-0.4, -0.2) is 17.8 Å². The Hall–Kier alpha value is -2.48. The molecule has 0 aromatic carbocycles. The second-order valence-corrected chi connectivity index (χ2v) is 16.5. The molecule has 0 spiro atoms. The van der Waals surface area contributed by atoms with Gasteiger partial charge in [-0.3, -0.25) is 0 Å². The van der Waals surface area contributed by atoms with Crippen LogP contribution < -0.4 is 0 Å². The fraction of sp³-hybridized carbons (Fsp3) is 0.161. The van der Waals surface area contributed by atoms with Gasteiger partial charge >= 0.3 is 17.8 Å². The quantitative estimate of drug-likeness (QED) is 0.152. The zero-order valence-corrected chi connectivity index (χ0v) is 27.0. The molecule has 0 unspecified atom stereocenters. The molecule has 6 aromatic rings. The lowest BCUT2D eigenvalue weighted by molar-refractivity contribution is -0.254. The van der Waals surface area contributed by atoms with Gasteiger partial charge in [-0.05, 0) is 73.1 Å². The highest BCUT2D eigenvalue weighted by Crippen LogP contribution is 2.67. The molecule has 0 N–H and O–H groups in total. The van der Waals surface area contributed by atoms with E-state index in [1.807, 2.05) is 35.9 Å². The van der Waals surface area contributed by atoms with Gasteiger partial charge in [0.2, 0.25) is 0 Å². The SMILES string of the molecule is Cc1ccc(-c2sc(-c3cccs3)cc2C2=C(c3cc(C)sc3-c3ccc(-c4cccs4)s3)C(F)(F)C(F)(F)C2(F)F)s1. The maximum absolute atomic E-state index is 16.0. The summed E-state index contributed by atoms with van der Waals surface area (Å²) in [4.78, 5) is 6.20. The Morgan fingerprint density at radius 2 is 1.02 bits per heavy atom. The van der Waals surface area contributed by atoms with Crippen LogP contribution in [0.15, 0.2) is 71.4 Å². The number of alkyl halides is 6. The number of halogens is 6. The molecule has 7 rings (SSSR count). The van der Waals surface area contributed by atoms with Crippen LogP contribution in [0.4, 0.5) is 26.3 Å². The van der Waals surface area contributed by atoms with Crippen LogP contribution in [0.5, 0.6) is 0 Å². The lowest BCUT2D eigenvalue weighted by Gasteiger charge is -2.25. The van der Waals surface area contributed by atoms with Crippen molar-refractivity contribution in [1.29, 1.82) is 0 Å². The summed E-state index contributed by atoms with van der Waals surface area (Å²) in [6.07, 6.45) is 0. The van der Waals surface area contributed by atoms with Crippen molar-refractivity contribution in [2.75, 3.05) is 0 Å². The van der Waals surface area contributed by atoms with Crippen molar-refractivity contribution in [1.82, 2.24) is 0 Å². The minimum absolute atomic E-state index is 0.270. The Labute approximate surface area is 266 Å². The Kier molecular flexibility index (Phi) is 6.99. The third kappa shape index (κ3) is 4.47. The van der Waals surface area contributed by atoms with Gasteiger partial charge in [0.05, 0.1) is 9.75 Å². The van der Waals surface area contributed by atoms with Crippen LogP contribution in [0.25, 0.3) is 50.2 Å². The lowest BCUT2D eigenvalue weighted by Crippen LogP contribution is -2.48. The van der Waals surface area contributed by atoms with Gasteiger partial charge < -0.3 is 0 Å². The molecule has 0 fully saturated rings. The van der Waals surface area contributed by atoms with Gasteiger partial charge in [-0.2, -0.15) is 26.3 Å². The van der Waals surface area contributed by atoms with Crippen LogP contribution in [0, 0.1) is 13.8 Å². The molecule has 0 saturated carbocycles. The number of rotatable bonds is 6. The van der Waals surface area contributed by atoms with E-state index < -0.39 is 28.9 Å². The fourth-order valence-corrected chi connectivity index (χ4v) is 11.1. The molecule has 1 aliphatic rings. The number of hydrogen-bond donors (Lipinski definition) is 0. The Morgan fingerprint density at radius 1 is 0.488 bits per heavy atom. The van der Waals surface area contributed by atoms with Crippen LogP contribution in [0.3, 0.4) is 0 Å². The third-order valence-corrected chi connectivity index (χ3v) is 13.9. The van der Waals surface area contributed by atoms with E-state index in [0.717, 1.165) is 42.2 Å². The highest BCUT2D eigenvalue weighted by atomic mass is 32.1. The zero-order chi connectivity index (χ0) is 30.3. The number of hydrogen-bond acceptors (Lipinski definition) is 6. The molecular formula is C31H18F6S6. The zero-order valence-electron chi connectivity index (χ0n) is 22.1. The summed E-state index contributed by atoms with van der Waals surface area (Å²) >= 11 is 7.76. The minimum Gasteiger partial charge on any atom is -0.194 e. The number of aryl methyl sites for hydroxylation is 2. The van der Waals surface area contributed by atoms with Crippen molar-refractivity contribution in [3.63, 3.8) is 0 Å². The molecule has 6 heterocycles. The van der Waals surface area contributed by atoms with Crippen LogP contribution in [-0.2, 0) is 0 Å². The largest absolute Gasteiger partial charge is 0.380 e. The highest BCUT2D eigenvalue weighted by molar-refractivity contribution is 7.27. The first-order valence-electron chi connectivity index (χ1n) is 12.8. The fourth-order valence-electron chi connectivity index (χ4n) is 5.18. The lowest BCUT2D eigenvalue weighted by atomic mass is 9.94. The first-order chi connectivity index (χ1) is 20.4. The summed E-state index contributed by atoms with van der Waals surface area (Å²) in [7, 11) is 0. The van der Waals surface area contributed by atoms with E-state index in [4.69, 9.17) is 0 Å². The molecule has 1 aliphatic carbocycles. The first kappa shape index (κ1) is 29.2. The Morgan fingerprint density at radius 3 is 1.60 bits per heavy atom. The molecule has 43 heavy (non-hydrogen) atoms. The second-order valence-electron chi connectivity index (χ2n) is 9.96. The molecule has 0 radical (unpaired) electrons. The summed E-state index contributed by atoms with van der Waals surface area (Å²) < 4.78 is 94.8. The van der Waals surface area contributed by atoms with Gasteiger partial charge in [-0.15, -0.1) is 68.0 Å². The monoisotopic (exact) mass is 696 g/mol. The van der Waals surface area contributed by atoms with Gasteiger partial charge in [-0.1, -0.05) is 12.1 Å². The van der Waals surface area contributed by atoms with Crippen molar-refractivity contribution < 1.29 is 26.3 Å². The molecule has 0 nitrogen and oxygen atoms in total. The van der Waals surface area contributed by atoms with Gasteiger partial charge in [0, 0.05) is 61.3 Å². The van der Waals surface area contributed by atoms with Crippen molar-refractivity contribution >= 4 is 79.2 Å². The van der Waals surface area contributed by atoms with E-state index in [9.17, 15) is 0 Å². The first-order valence-corrected chi connectivity index (χ1v) is 17.8. The average Bonchev–Trinajstić information content (AvgIpc) is 3.79. The van der Waals surface area contributed by atoms with E-state index in [1.165, 1.54) is 57.5 Å². The summed E-state index contributed by atoms with van der Waals surface area (Å²) in [6, 6.07) is 17.2. The molecule has 0 bridgehead atoms.